The molecule has 134 valence electrons. The van der Waals surface area contributed by atoms with Crippen molar-refractivity contribution in [1.82, 2.24) is 14.7 Å². The Bertz CT molecular complexity index is 624. The molecule has 5 nitrogen and oxygen atoms in total. The first-order valence-electron chi connectivity index (χ1n) is 8.52. The zero-order valence-corrected chi connectivity index (χ0v) is 14.4. The van der Waals surface area contributed by atoms with Crippen LogP contribution in [0.15, 0.2) is 6.07 Å². The summed E-state index contributed by atoms with van der Waals surface area (Å²) in [5.74, 6) is 0.222. The van der Waals surface area contributed by atoms with Gasteiger partial charge in [0.25, 0.3) is 12.3 Å². The van der Waals surface area contributed by atoms with E-state index in [2.05, 4.69) is 5.10 Å². The monoisotopic (exact) mass is 341 g/mol. The summed E-state index contributed by atoms with van der Waals surface area (Å²) in [5.41, 5.74) is -0.740. The summed E-state index contributed by atoms with van der Waals surface area (Å²) in [6.45, 7) is 6.39. The van der Waals surface area contributed by atoms with Crippen molar-refractivity contribution < 1.29 is 18.7 Å². The van der Waals surface area contributed by atoms with Crippen LogP contribution in [0.25, 0.3) is 0 Å². The second-order valence-electron chi connectivity index (χ2n) is 8.01. The molecule has 2 fully saturated rings. The van der Waals surface area contributed by atoms with Crippen molar-refractivity contribution in [2.45, 2.75) is 69.9 Å². The molecule has 3 rings (SSSR count). The number of likely N-dealkylation sites (tertiary alicyclic amines) is 1. The average molecular weight is 341 g/mol. The van der Waals surface area contributed by atoms with E-state index in [1.165, 1.54) is 4.90 Å². The first-order valence-corrected chi connectivity index (χ1v) is 8.52. The third-order valence-corrected chi connectivity index (χ3v) is 4.91. The smallest absolute Gasteiger partial charge is 0.274 e. The lowest BCUT2D eigenvalue weighted by molar-refractivity contribution is -0.122. The lowest BCUT2D eigenvalue weighted by atomic mass is 9.92. The molecule has 1 aliphatic heterocycles. The van der Waals surface area contributed by atoms with Crippen LogP contribution in [0.4, 0.5) is 8.78 Å². The van der Waals surface area contributed by atoms with Gasteiger partial charge in [0, 0.05) is 24.7 Å². The van der Waals surface area contributed by atoms with E-state index >= 15 is 0 Å². The molecule has 2 aliphatic rings. The summed E-state index contributed by atoms with van der Waals surface area (Å²) in [4.78, 5) is 14.2. The number of piperidine rings is 1. The van der Waals surface area contributed by atoms with Crippen molar-refractivity contribution in [1.29, 1.82) is 0 Å². The second kappa shape index (κ2) is 5.79. The molecule has 1 saturated heterocycles. The SMILES string of the molecule is CC(C)(C)n1nc(C(=O)N2CCC(O)(C(F)F)CC2)cc1C1CC1. The summed E-state index contributed by atoms with van der Waals surface area (Å²) in [6, 6.07) is 1.85. The van der Waals surface area contributed by atoms with Crippen molar-refractivity contribution in [3.05, 3.63) is 17.5 Å². The summed E-state index contributed by atoms with van der Waals surface area (Å²) in [5, 5.41) is 14.4. The van der Waals surface area contributed by atoms with Gasteiger partial charge >= 0.3 is 0 Å². The fourth-order valence-corrected chi connectivity index (χ4v) is 3.18. The van der Waals surface area contributed by atoms with Gasteiger partial charge in [-0.3, -0.25) is 9.48 Å². The molecule has 1 N–H and O–H groups in total. The Morgan fingerprint density at radius 3 is 2.38 bits per heavy atom. The molecule has 24 heavy (non-hydrogen) atoms. The molecule has 1 amide bonds. The molecule has 1 aromatic heterocycles. The highest BCUT2D eigenvalue weighted by atomic mass is 19.3. The number of nitrogens with zero attached hydrogens (tertiary/aromatic N) is 3. The maximum absolute atomic E-state index is 12.9. The minimum absolute atomic E-state index is 0.105. The standard InChI is InChI=1S/C17H25F2N3O2/c1-16(2,3)22-13(11-4-5-11)10-12(20-22)14(23)21-8-6-17(24,7-9-21)15(18)19/h10-11,15,24H,4-9H2,1-3H3. The van der Waals surface area contributed by atoms with Crippen molar-refractivity contribution in [3.8, 4) is 0 Å². The fourth-order valence-electron chi connectivity index (χ4n) is 3.18. The van der Waals surface area contributed by atoms with Crippen LogP contribution in [0.1, 0.15) is 68.6 Å². The van der Waals surface area contributed by atoms with Crippen molar-refractivity contribution in [3.63, 3.8) is 0 Å². The van der Waals surface area contributed by atoms with Crippen LogP contribution >= 0.6 is 0 Å². The molecule has 1 saturated carbocycles. The van der Waals surface area contributed by atoms with Gasteiger partial charge in [-0.05, 0) is 52.5 Å². The third kappa shape index (κ3) is 3.18. The minimum atomic E-state index is -2.78. The van der Waals surface area contributed by atoms with E-state index in [1.54, 1.807) is 0 Å². The lowest BCUT2D eigenvalue weighted by Crippen LogP contribution is -2.50. The molecule has 1 aliphatic carbocycles. The number of halogens is 2. The molecule has 0 spiro atoms. The largest absolute Gasteiger partial charge is 0.384 e. The summed E-state index contributed by atoms with van der Waals surface area (Å²) >= 11 is 0. The van der Waals surface area contributed by atoms with Crippen molar-refractivity contribution >= 4 is 5.91 Å². The predicted molar refractivity (Wildman–Crippen MR) is 85.3 cm³/mol. The Labute approximate surface area is 140 Å². The van der Waals surface area contributed by atoms with Gasteiger partial charge in [0.1, 0.15) is 5.60 Å². The molecule has 2 heterocycles. The molecule has 0 atom stereocenters. The Morgan fingerprint density at radius 1 is 1.33 bits per heavy atom. The molecular formula is C17H25F2N3O2. The van der Waals surface area contributed by atoms with Crippen LogP contribution in [-0.4, -0.2) is 50.8 Å². The molecule has 0 unspecified atom stereocenters. The van der Waals surface area contributed by atoms with Crippen LogP contribution in [-0.2, 0) is 5.54 Å². The number of aliphatic hydroxyl groups is 1. The Hall–Kier alpha value is -1.50. The number of carbonyl (C=O) groups excluding carboxylic acids is 1. The number of aromatic nitrogens is 2. The molecule has 0 radical (unpaired) electrons. The highest BCUT2D eigenvalue weighted by molar-refractivity contribution is 5.92. The van der Waals surface area contributed by atoms with Crippen LogP contribution in [0, 0.1) is 0 Å². The van der Waals surface area contributed by atoms with E-state index in [9.17, 15) is 18.7 Å². The Morgan fingerprint density at radius 2 is 1.92 bits per heavy atom. The maximum Gasteiger partial charge on any atom is 0.274 e. The maximum atomic E-state index is 12.9. The van der Waals surface area contributed by atoms with E-state index in [0.717, 1.165) is 18.5 Å². The van der Waals surface area contributed by atoms with E-state index in [4.69, 9.17) is 0 Å². The zero-order valence-electron chi connectivity index (χ0n) is 14.4. The number of alkyl halides is 2. The van der Waals surface area contributed by atoms with Crippen LogP contribution in [0.5, 0.6) is 0 Å². The first kappa shape index (κ1) is 17.3. The predicted octanol–water partition coefficient (Wildman–Crippen LogP) is 2.75. The molecule has 7 heteroatoms. The highest BCUT2D eigenvalue weighted by Gasteiger charge is 2.42. The van der Waals surface area contributed by atoms with Crippen LogP contribution in [0.2, 0.25) is 0 Å². The zero-order chi connectivity index (χ0) is 17.7. The normalized spacial score (nSPS) is 21.4. The number of carbonyl (C=O) groups is 1. The van der Waals surface area contributed by atoms with Crippen molar-refractivity contribution in [2.24, 2.45) is 0 Å². The molecule has 1 aromatic rings. The average Bonchev–Trinajstić information content (AvgIpc) is 3.24. The lowest BCUT2D eigenvalue weighted by Gasteiger charge is -2.37. The summed E-state index contributed by atoms with van der Waals surface area (Å²) in [6.07, 6.45) is -0.768. The third-order valence-electron chi connectivity index (χ3n) is 4.91. The fraction of sp³-hybridized carbons (Fsp3) is 0.765. The minimum Gasteiger partial charge on any atom is -0.384 e. The van der Waals surface area contributed by atoms with Gasteiger partial charge in [-0.2, -0.15) is 5.10 Å². The van der Waals surface area contributed by atoms with Gasteiger partial charge in [-0.15, -0.1) is 0 Å². The van der Waals surface area contributed by atoms with Gasteiger partial charge < -0.3 is 10.0 Å². The van der Waals surface area contributed by atoms with E-state index < -0.39 is 12.0 Å². The number of hydrogen-bond donors (Lipinski definition) is 1. The van der Waals surface area contributed by atoms with Crippen molar-refractivity contribution in [2.75, 3.05) is 13.1 Å². The van der Waals surface area contributed by atoms with Gasteiger partial charge in [0.15, 0.2) is 5.69 Å². The summed E-state index contributed by atoms with van der Waals surface area (Å²) in [7, 11) is 0. The van der Waals surface area contributed by atoms with Gasteiger partial charge in [-0.25, -0.2) is 8.78 Å². The number of hydrogen-bond acceptors (Lipinski definition) is 3. The first-order chi connectivity index (χ1) is 11.1. The molecular weight excluding hydrogens is 316 g/mol. The quantitative estimate of drug-likeness (QED) is 0.920. The van der Waals surface area contributed by atoms with Gasteiger partial charge in [0.2, 0.25) is 0 Å². The van der Waals surface area contributed by atoms with E-state index in [-0.39, 0.29) is 37.4 Å². The van der Waals surface area contributed by atoms with Crippen LogP contribution in [0.3, 0.4) is 0 Å². The Balaban J connectivity index is 1.77. The Kier molecular flexibility index (Phi) is 4.18. The summed E-state index contributed by atoms with van der Waals surface area (Å²) < 4.78 is 27.7. The van der Waals surface area contributed by atoms with E-state index in [0.29, 0.717) is 11.6 Å². The number of rotatable bonds is 3. The highest BCUT2D eigenvalue weighted by Crippen LogP contribution is 2.42. The molecule has 0 aromatic carbocycles. The van der Waals surface area contributed by atoms with E-state index in [1.807, 2.05) is 31.5 Å². The topological polar surface area (TPSA) is 58.4 Å². The molecule has 0 bridgehead atoms. The second-order valence-corrected chi connectivity index (χ2v) is 8.01. The van der Waals surface area contributed by atoms with Crippen LogP contribution < -0.4 is 0 Å². The number of amides is 1. The van der Waals surface area contributed by atoms with Gasteiger partial charge in [0.05, 0.1) is 5.54 Å². The van der Waals surface area contributed by atoms with Gasteiger partial charge in [-0.1, -0.05) is 0 Å².